The lowest BCUT2D eigenvalue weighted by molar-refractivity contribution is 0.282. The summed E-state index contributed by atoms with van der Waals surface area (Å²) in [7, 11) is -40.6. The predicted octanol–water partition coefficient (Wildman–Crippen LogP) is 2.27. The summed E-state index contributed by atoms with van der Waals surface area (Å²) < 4.78 is 256. The summed E-state index contributed by atoms with van der Waals surface area (Å²) in [6, 6.07) is 5.55. The molecule has 0 aromatic heterocycles. The largest absolute Gasteiger partial charge is 0.397 e. The van der Waals surface area contributed by atoms with Gasteiger partial charge in [-0.3, -0.25) is 27.3 Å². The number of sulfone groups is 2. The Bertz CT molecular complexity index is 3730. The molecule has 0 amide bonds. The SMILES string of the molecule is Nc1c(N=Nc2cc(S(=O)(=O)O)ccc2S(=O)(=O)O)cc(N=Nc2ccc(S(=O)(=O)CCOS(=O)(=O)O)cc2S(=O)(=O)O)c(N)c1N=Nc1ccc(S(=O)(=O)CCOS(=O)(=O)O)cc1S(=O)(=O)O. The zero-order valence-electron chi connectivity index (χ0n) is 32.7. The number of azo groups is 3. The number of nitrogens with two attached hydrogens (primary N) is 2. The topological polar surface area (TPSA) is 539 Å². The quantitative estimate of drug-likeness (QED) is 0.0357. The monoisotopic (exact) mass is 1120 g/mol. The molecule has 0 heterocycles. The first kappa shape index (κ1) is 55.2. The number of anilines is 2. The van der Waals surface area contributed by atoms with E-state index in [1.54, 1.807) is 0 Å². The molecule has 0 spiro atoms. The summed E-state index contributed by atoms with van der Waals surface area (Å²) in [6.07, 6.45) is 0. The first-order valence-corrected chi connectivity index (χ1v) is 28.6. The average molecular weight is 1120 g/mol. The molecule has 0 radical (unpaired) electrons. The summed E-state index contributed by atoms with van der Waals surface area (Å²) in [5, 5.41) is 21.9. The van der Waals surface area contributed by atoms with Gasteiger partial charge >= 0.3 is 20.8 Å². The minimum atomic E-state index is -5.44. The van der Waals surface area contributed by atoms with E-state index in [9.17, 15) is 85.6 Å². The highest BCUT2D eigenvalue weighted by Crippen LogP contribution is 2.46. The van der Waals surface area contributed by atoms with Crippen LogP contribution in [0.1, 0.15) is 0 Å². The smallest absolute Gasteiger partial charge is 0.395 e. The van der Waals surface area contributed by atoms with Gasteiger partial charge in [0, 0.05) is 0 Å². The number of hydrogen-bond donors (Lipinski definition) is 8. The van der Waals surface area contributed by atoms with Crippen LogP contribution in [0.25, 0.3) is 0 Å². The molecule has 10 N–H and O–H groups in total. The van der Waals surface area contributed by atoms with Crippen molar-refractivity contribution in [3.8, 4) is 0 Å². The van der Waals surface area contributed by atoms with Crippen LogP contribution in [0, 0.1) is 0 Å². The fourth-order valence-corrected chi connectivity index (χ4v) is 10.5. The molecule has 0 aliphatic rings. The van der Waals surface area contributed by atoms with Crippen LogP contribution in [0.5, 0.6) is 0 Å². The summed E-state index contributed by atoms with van der Waals surface area (Å²) >= 11 is 0. The zero-order valence-corrected chi connectivity index (χ0v) is 39.3. The average Bonchev–Trinajstić information content (AvgIpc) is 3.17. The maximum absolute atomic E-state index is 12.8. The van der Waals surface area contributed by atoms with Gasteiger partial charge in [0.1, 0.15) is 48.8 Å². The van der Waals surface area contributed by atoms with Crippen molar-refractivity contribution in [1.82, 2.24) is 0 Å². The van der Waals surface area contributed by atoms with E-state index in [0.29, 0.717) is 54.6 Å². The van der Waals surface area contributed by atoms with Crippen LogP contribution in [0.15, 0.2) is 121 Å². The third-order valence-electron chi connectivity index (χ3n) is 7.94. The third-order valence-corrected chi connectivity index (χ3v) is 15.7. The Labute approximate surface area is 384 Å². The van der Waals surface area contributed by atoms with E-state index in [1.165, 1.54) is 0 Å². The Morgan fingerprint density at radius 1 is 0.382 bits per heavy atom. The fraction of sp³-hybridized carbons (Fsp3) is 0.143. The van der Waals surface area contributed by atoms with E-state index in [-0.39, 0.29) is 0 Å². The molecule has 4 rings (SSSR count). The summed E-state index contributed by atoms with van der Waals surface area (Å²) in [4.78, 5) is -6.38. The molecule has 4 aromatic rings. The van der Waals surface area contributed by atoms with Crippen molar-refractivity contribution in [3.05, 3.63) is 60.7 Å². The molecule has 0 unspecified atom stereocenters. The Balaban J connectivity index is 1.97. The van der Waals surface area contributed by atoms with Crippen molar-refractivity contribution in [2.24, 2.45) is 30.7 Å². The molecule has 32 nitrogen and oxygen atoms in total. The van der Waals surface area contributed by atoms with Crippen LogP contribution >= 0.6 is 0 Å². The lowest BCUT2D eigenvalue weighted by atomic mass is 10.2. The molecule has 0 saturated carbocycles. The molecule has 4 aromatic carbocycles. The maximum Gasteiger partial charge on any atom is 0.397 e. The van der Waals surface area contributed by atoms with E-state index in [4.69, 9.17) is 20.6 Å². The van der Waals surface area contributed by atoms with Crippen molar-refractivity contribution >= 4 is 126 Å². The van der Waals surface area contributed by atoms with Gasteiger partial charge in [0.15, 0.2) is 19.7 Å². The molecule has 0 aliphatic heterocycles. The van der Waals surface area contributed by atoms with Gasteiger partial charge in [0.05, 0.1) is 50.8 Å². The number of benzene rings is 4. The molecule has 40 heteroatoms. The number of hydrogen-bond acceptors (Lipinski definition) is 26. The van der Waals surface area contributed by atoms with Gasteiger partial charge in [-0.05, 0) is 60.7 Å². The van der Waals surface area contributed by atoms with Gasteiger partial charge in [-0.2, -0.15) is 50.5 Å². The van der Waals surface area contributed by atoms with Crippen LogP contribution in [0.4, 0.5) is 45.5 Å². The van der Waals surface area contributed by atoms with Gasteiger partial charge in [0.2, 0.25) is 0 Å². The third kappa shape index (κ3) is 14.8. The molecule has 0 fully saturated rings. The Kier molecular flexibility index (Phi) is 16.1. The fourth-order valence-electron chi connectivity index (χ4n) is 4.91. The zero-order chi connectivity index (χ0) is 51.6. The van der Waals surface area contributed by atoms with Crippen LogP contribution < -0.4 is 11.5 Å². The van der Waals surface area contributed by atoms with Crippen molar-refractivity contribution < 1.29 is 103 Å². The molecular weight excluding hydrogens is 1090 g/mol. The van der Waals surface area contributed by atoms with Crippen LogP contribution in [-0.4, -0.2) is 119 Å². The van der Waals surface area contributed by atoms with Crippen molar-refractivity contribution in [3.63, 3.8) is 0 Å². The normalized spacial score (nSPS) is 13.8. The van der Waals surface area contributed by atoms with Crippen LogP contribution in [0.3, 0.4) is 0 Å². The first-order valence-electron chi connectivity index (χ1n) is 16.8. The number of nitrogen functional groups attached to an aromatic ring is 2. The van der Waals surface area contributed by atoms with E-state index in [0.717, 1.165) is 6.07 Å². The predicted molar refractivity (Wildman–Crippen MR) is 225 cm³/mol. The molecule has 68 heavy (non-hydrogen) atoms. The summed E-state index contributed by atoms with van der Waals surface area (Å²) in [5.41, 5.74) is 5.81. The molecule has 0 atom stereocenters. The van der Waals surface area contributed by atoms with Gasteiger partial charge < -0.3 is 11.5 Å². The maximum atomic E-state index is 12.8. The van der Waals surface area contributed by atoms with Gasteiger partial charge in [0.25, 0.3) is 40.5 Å². The number of nitrogens with zero attached hydrogens (tertiary/aromatic N) is 6. The second kappa shape index (κ2) is 19.9. The number of rotatable bonds is 20. The Morgan fingerprint density at radius 3 is 1.10 bits per heavy atom. The van der Waals surface area contributed by atoms with E-state index in [1.807, 2.05) is 0 Å². The highest BCUT2D eigenvalue weighted by molar-refractivity contribution is 7.92. The summed E-state index contributed by atoms with van der Waals surface area (Å²) in [6.45, 7) is -2.30. The van der Waals surface area contributed by atoms with Gasteiger partial charge in [-0.1, -0.05) is 0 Å². The van der Waals surface area contributed by atoms with Crippen molar-refractivity contribution in [2.75, 3.05) is 36.2 Å². The van der Waals surface area contributed by atoms with E-state index >= 15 is 0 Å². The molecule has 0 aliphatic carbocycles. The molecular formula is C28H28N8O24S8. The minimum absolute atomic E-state index is 0.341. The van der Waals surface area contributed by atoms with Crippen LogP contribution in [-0.2, 0) is 89.3 Å². The van der Waals surface area contributed by atoms with Crippen molar-refractivity contribution in [2.45, 2.75) is 29.4 Å². The first-order chi connectivity index (χ1) is 30.8. The van der Waals surface area contributed by atoms with Crippen molar-refractivity contribution in [1.29, 1.82) is 0 Å². The van der Waals surface area contributed by atoms with Gasteiger partial charge in [-0.25, -0.2) is 25.2 Å². The minimum Gasteiger partial charge on any atom is -0.395 e. The van der Waals surface area contributed by atoms with E-state index in [2.05, 4.69) is 39.1 Å². The second-order valence-corrected chi connectivity index (χ2v) is 24.6. The summed E-state index contributed by atoms with van der Waals surface area (Å²) in [5.74, 6) is -2.33. The molecule has 0 bridgehead atoms. The second-order valence-electron chi connectivity index (χ2n) is 12.6. The highest BCUT2D eigenvalue weighted by Gasteiger charge is 2.26. The highest BCUT2D eigenvalue weighted by atomic mass is 32.3. The molecule has 372 valence electrons. The lowest BCUT2D eigenvalue weighted by Gasteiger charge is -2.11. The molecule has 0 saturated heterocycles. The Morgan fingerprint density at radius 2 is 0.735 bits per heavy atom. The lowest BCUT2D eigenvalue weighted by Crippen LogP contribution is -2.16. The Hall–Kier alpha value is -5.44. The van der Waals surface area contributed by atoms with Crippen LogP contribution in [0.2, 0.25) is 0 Å². The standard InChI is InChI=1S/C28H28N8O24S8/c29-26-21(34-31-18-4-1-15(12-24(18)65(47,48)49)61(37,38)9-7-59-67(53,54)55)14-22(35-33-20-11-17(63(41,42)43)3-6-23(20)64(44,45)46)27(30)28(26)36-32-19-5-2-16(13-25(19)66(50,51)52)62(39,40)10-8-60-68(56,57)58/h1-6,11-14H,7-10,29-30H2,(H,41,42,43)(H,44,45,46)(H,47,48,49)(H,50,51,52)(H,53,54,55)(H,56,57,58). The van der Waals surface area contributed by atoms with E-state index < -0.39 is 181 Å². The van der Waals surface area contributed by atoms with Gasteiger partial charge in [-0.15, -0.1) is 30.7 Å².